The summed E-state index contributed by atoms with van der Waals surface area (Å²) in [7, 11) is 0. The topological polar surface area (TPSA) is 54.5 Å². The Labute approximate surface area is 130 Å². The smallest absolute Gasteiger partial charge is 0.410 e. The van der Waals surface area contributed by atoms with E-state index in [9.17, 15) is 4.79 Å². The van der Waals surface area contributed by atoms with Gasteiger partial charge in [-0.1, -0.05) is 6.92 Å². The van der Waals surface area contributed by atoms with E-state index in [1.807, 2.05) is 27.0 Å². The lowest BCUT2D eigenvalue weighted by atomic mass is 10.2. The van der Waals surface area contributed by atoms with Crippen molar-refractivity contribution in [3.63, 3.8) is 0 Å². The second-order valence-corrected chi connectivity index (χ2v) is 7.57. The molecule has 1 atom stereocenters. The number of rotatable bonds is 4. The molecule has 0 bridgehead atoms. The molecule has 0 radical (unpaired) electrons. The van der Waals surface area contributed by atoms with E-state index in [2.05, 4.69) is 17.2 Å². The predicted octanol–water partition coefficient (Wildman–Crippen LogP) is 2.80. The number of carbonyl (C=O) groups excluding carboxylic acids is 1. The van der Waals surface area contributed by atoms with E-state index in [1.165, 1.54) is 4.88 Å². The molecule has 1 unspecified atom stereocenters. The van der Waals surface area contributed by atoms with Gasteiger partial charge >= 0.3 is 6.09 Å². The lowest BCUT2D eigenvalue weighted by molar-refractivity contribution is 0.0291. The first-order valence-electron chi connectivity index (χ1n) is 7.52. The number of aromatic nitrogens is 1. The minimum absolute atomic E-state index is 0.214. The van der Waals surface area contributed by atoms with Gasteiger partial charge in [-0.3, -0.25) is 0 Å². The van der Waals surface area contributed by atoms with Crippen LogP contribution in [0.1, 0.15) is 44.0 Å². The summed E-state index contributed by atoms with van der Waals surface area (Å²) in [4.78, 5) is 19.5. The van der Waals surface area contributed by atoms with Crippen LogP contribution in [0.25, 0.3) is 0 Å². The zero-order chi connectivity index (χ0) is 15.5. The summed E-state index contributed by atoms with van der Waals surface area (Å²) >= 11 is 1.75. The quantitative estimate of drug-likeness (QED) is 0.929. The fraction of sp³-hybridized carbons (Fsp3) is 0.733. The van der Waals surface area contributed by atoms with Crippen LogP contribution < -0.4 is 5.32 Å². The van der Waals surface area contributed by atoms with Gasteiger partial charge in [-0.05, 0) is 33.6 Å². The van der Waals surface area contributed by atoms with Gasteiger partial charge in [0.05, 0.1) is 0 Å². The minimum Gasteiger partial charge on any atom is -0.444 e. The monoisotopic (exact) mass is 311 g/mol. The molecule has 1 saturated heterocycles. The molecule has 1 N–H and O–H groups in total. The number of nitrogens with one attached hydrogen (secondary N) is 1. The molecule has 1 amide bonds. The second kappa shape index (κ2) is 6.75. The summed E-state index contributed by atoms with van der Waals surface area (Å²) in [5.41, 5.74) is -0.431. The highest BCUT2D eigenvalue weighted by Gasteiger charge is 2.29. The Bertz CT molecular complexity index is 482. The molecular formula is C15H25N3O2S. The number of aryl methyl sites for hydroxylation is 1. The highest BCUT2D eigenvalue weighted by Crippen LogP contribution is 2.17. The van der Waals surface area contributed by atoms with E-state index in [0.29, 0.717) is 12.6 Å². The Morgan fingerprint density at radius 1 is 1.57 bits per heavy atom. The van der Waals surface area contributed by atoms with Crippen molar-refractivity contribution in [2.45, 2.75) is 58.7 Å². The number of amides is 1. The molecule has 0 spiro atoms. The summed E-state index contributed by atoms with van der Waals surface area (Å²) in [5, 5.41) is 4.59. The van der Waals surface area contributed by atoms with Crippen LogP contribution in [0.3, 0.4) is 0 Å². The molecule has 1 aliphatic heterocycles. The van der Waals surface area contributed by atoms with Crippen molar-refractivity contribution in [3.8, 4) is 0 Å². The van der Waals surface area contributed by atoms with Gasteiger partial charge in [-0.15, -0.1) is 11.3 Å². The van der Waals surface area contributed by atoms with Crippen molar-refractivity contribution in [1.82, 2.24) is 15.2 Å². The van der Waals surface area contributed by atoms with Crippen LogP contribution in [0, 0.1) is 0 Å². The van der Waals surface area contributed by atoms with Crippen LogP contribution in [-0.2, 0) is 17.7 Å². The number of thiazole rings is 1. The molecule has 1 aromatic heterocycles. The van der Waals surface area contributed by atoms with Crippen LogP contribution in [0.2, 0.25) is 0 Å². The maximum atomic E-state index is 12.0. The van der Waals surface area contributed by atoms with Crippen LogP contribution >= 0.6 is 11.3 Å². The fourth-order valence-electron chi connectivity index (χ4n) is 2.24. The third kappa shape index (κ3) is 4.97. The van der Waals surface area contributed by atoms with Crippen molar-refractivity contribution in [3.05, 3.63) is 16.1 Å². The molecule has 21 heavy (non-hydrogen) atoms. The van der Waals surface area contributed by atoms with Gasteiger partial charge in [0.2, 0.25) is 0 Å². The van der Waals surface area contributed by atoms with Gasteiger partial charge in [0.25, 0.3) is 0 Å². The van der Waals surface area contributed by atoms with E-state index < -0.39 is 5.60 Å². The highest BCUT2D eigenvalue weighted by molar-refractivity contribution is 7.11. The molecule has 2 heterocycles. The maximum absolute atomic E-state index is 12.0. The third-order valence-electron chi connectivity index (χ3n) is 3.33. The Morgan fingerprint density at radius 2 is 2.33 bits per heavy atom. The van der Waals surface area contributed by atoms with Gasteiger partial charge in [0.1, 0.15) is 10.6 Å². The first kappa shape index (κ1) is 16.2. The molecule has 118 valence electrons. The Hall–Kier alpha value is -1.14. The maximum Gasteiger partial charge on any atom is 0.410 e. The van der Waals surface area contributed by atoms with Gasteiger partial charge < -0.3 is 15.0 Å². The van der Waals surface area contributed by atoms with Crippen molar-refractivity contribution in [2.24, 2.45) is 0 Å². The number of hydrogen-bond acceptors (Lipinski definition) is 5. The van der Waals surface area contributed by atoms with Crippen LogP contribution in [0.15, 0.2) is 6.20 Å². The largest absolute Gasteiger partial charge is 0.444 e. The van der Waals surface area contributed by atoms with Crippen molar-refractivity contribution >= 4 is 17.4 Å². The van der Waals surface area contributed by atoms with Gasteiger partial charge in [0, 0.05) is 36.8 Å². The molecule has 5 nitrogen and oxygen atoms in total. The fourth-order valence-corrected chi connectivity index (χ4v) is 3.06. The van der Waals surface area contributed by atoms with E-state index in [-0.39, 0.29) is 6.09 Å². The number of nitrogens with zero attached hydrogens (tertiary/aromatic N) is 2. The van der Waals surface area contributed by atoms with E-state index >= 15 is 0 Å². The Morgan fingerprint density at radius 3 is 2.95 bits per heavy atom. The van der Waals surface area contributed by atoms with E-state index in [1.54, 1.807) is 16.2 Å². The summed E-state index contributed by atoms with van der Waals surface area (Å²) < 4.78 is 5.40. The van der Waals surface area contributed by atoms with Gasteiger partial charge in [0.15, 0.2) is 0 Å². The number of likely N-dealkylation sites (tertiary alicyclic amines) is 1. The average Bonchev–Trinajstić information content (AvgIpc) is 3.03. The predicted molar refractivity (Wildman–Crippen MR) is 84.5 cm³/mol. The molecule has 0 aliphatic carbocycles. The molecule has 1 aliphatic rings. The van der Waals surface area contributed by atoms with Crippen molar-refractivity contribution < 1.29 is 9.53 Å². The van der Waals surface area contributed by atoms with Gasteiger partial charge in [-0.25, -0.2) is 9.78 Å². The van der Waals surface area contributed by atoms with E-state index in [0.717, 1.165) is 30.9 Å². The number of carbonyl (C=O) groups is 1. The zero-order valence-electron chi connectivity index (χ0n) is 13.3. The van der Waals surface area contributed by atoms with Crippen molar-refractivity contribution in [2.75, 3.05) is 13.1 Å². The number of ether oxygens (including phenoxy) is 1. The summed E-state index contributed by atoms with van der Waals surface area (Å²) in [5.74, 6) is 0. The first-order valence-corrected chi connectivity index (χ1v) is 8.34. The van der Waals surface area contributed by atoms with Gasteiger partial charge in [-0.2, -0.15) is 0 Å². The third-order valence-corrected chi connectivity index (χ3v) is 4.47. The van der Waals surface area contributed by atoms with Crippen LogP contribution in [-0.4, -0.2) is 40.7 Å². The standard InChI is InChI=1S/C15H25N3O2S/c1-5-12-8-17-13(21-12)9-16-11-6-7-18(10-11)14(19)20-15(2,3)4/h8,11,16H,5-7,9-10H2,1-4H3. The zero-order valence-corrected chi connectivity index (χ0v) is 14.1. The molecule has 0 aromatic carbocycles. The van der Waals surface area contributed by atoms with Crippen LogP contribution in [0.4, 0.5) is 4.79 Å². The molecular weight excluding hydrogens is 286 g/mol. The first-order chi connectivity index (χ1) is 9.87. The molecule has 1 fully saturated rings. The Kier molecular flexibility index (Phi) is 5.22. The summed E-state index contributed by atoms with van der Waals surface area (Å²) in [6.45, 7) is 10.1. The van der Waals surface area contributed by atoms with Crippen LogP contribution in [0.5, 0.6) is 0 Å². The summed E-state index contributed by atoms with van der Waals surface area (Å²) in [6, 6.07) is 0.325. The molecule has 1 aromatic rings. The lowest BCUT2D eigenvalue weighted by Crippen LogP contribution is -2.38. The molecule has 2 rings (SSSR count). The Balaban J connectivity index is 1.76. The lowest BCUT2D eigenvalue weighted by Gasteiger charge is -2.24. The average molecular weight is 311 g/mol. The molecule has 0 saturated carbocycles. The number of hydrogen-bond donors (Lipinski definition) is 1. The SMILES string of the molecule is CCc1cnc(CNC2CCN(C(=O)OC(C)(C)C)C2)s1. The normalized spacial score (nSPS) is 19.0. The summed E-state index contributed by atoms with van der Waals surface area (Å²) in [6.07, 6.45) is 3.73. The highest BCUT2D eigenvalue weighted by atomic mass is 32.1. The second-order valence-electron chi connectivity index (χ2n) is 6.37. The molecule has 6 heteroatoms. The minimum atomic E-state index is -0.431. The van der Waals surface area contributed by atoms with E-state index in [4.69, 9.17) is 4.74 Å². The van der Waals surface area contributed by atoms with Crippen molar-refractivity contribution in [1.29, 1.82) is 0 Å².